The van der Waals surface area contributed by atoms with E-state index in [0.717, 1.165) is 5.56 Å². The molecule has 0 amide bonds. The van der Waals surface area contributed by atoms with E-state index in [-0.39, 0.29) is 6.61 Å². The molecule has 0 saturated carbocycles. The highest BCUT2D eigenvalue weighted by atomic mass is 16.3. The second kappa shape index (κ2) is 7.31. The minimum absolute atomic E-state index is 0.146. The van der Waals surface area contributed by atoms with Gasteiger partial charge in [-0.3, -0.25) is 0 Å². The number of nitriles is 2. The Labute approximate surface area is 135 Å². The fourth-order valence-electron chi connectivity index (χ4n) is 2.04. The summed E-state index contributed by atoms with van der Waals surface area (Å²) >= 11 is 0. The fourth-order valence-corrected chi connectivity index (χ4v) is 2.04. The summed E-state index contributed by atoms with van der Waals surface area (Å²) in [6.07, 6.45) is 0.509. The quantitative estimate of drug-likeness (QED) is 0.857. The van der Waals surface area contributed by atoms with Gasteiger partial charge >= 0.3 is 0 Å². The van der Waals surface area contributed by atoms with Crippen LogP contribution in [0.15, 0.2) is 58.8 Å². The molecule has 0 aliphatic rings. The average molecular weight is 304 g/mol. The van der Waals surface area contributed by atoms with Crippen molar-refractivity contribution in [2.24, 2.45) is 10.2 Å². The molecular formula is C18H16N4O. The molecule has 0 spiro atoms. The van der Waals surface area contributed by atoms with E-state index in [9.17, 15) is 5.11 Å². The van der Waals surface area contributed by atoms with Crippen LogP contribution in [-0.2, 0) is 6.42 Å². The molecule has 0 fully saturated rings. The molecule has 0 unspecified atom stereocenters. The largest absolute Gasteiger partial charge is 0.394 e. The first kappa shape index (κ1) is 16.4. The van der Waals surface area contributed by atoms with E-state index >= 15 is 0 Å². The van der Waals surface area contributed by atoms with Gasteiger partial charge in [-0.25, -0.2) is 0 Å². The molecule has 0 aliphatic carbocycles. The van der Waals surface area contributed by atoms with Crippen molar-refractivity contribution in [1.82, 2.24) is 0 Å². The molecule has 2 rings (SSSR count). The summed E-state index contributed by atoms with van der Waals surface area (Å²) in [7, 11) is 0. The van der Waals surface area contributed by atoms with Crippen LogP contribution in [0.2, 0.25) is 0 Å². The Kier molecular flexibility index (Phi) is 5.19. The van der Waals surface area contributed by atoms with Crippen LogP contribution in [0.5, 0.6) is 0 Å². The number of hydrogen-bond acceptors (Lipinski definition) is 5. The topological polar surface area (TPSA) is 92.5 Å². The minimum Gasteiger partial charge on any atom is -0.394 e. The summed E-state index contributed by atoms with van der Waals surface area (Å²) < 4.78 is 0. The average Bonchev–Trinajstić information content (AvgIpc) is 2.61. The third kappa shape index (κ3) is 4.47. The van der Waals surface area contributed by atoms with Crippen LogP contribution < -0.4 is 0 Å². The van der Waals surface area contributed by atoms with Gasteiger partial charge in [-0.1, -0.05) is 12.1 Å². The van der Waals surface area contributed by atoms with E-state index in [4.69, 9.17) is 10.5 Å². The molecule has 0 radical (unpaired) electrons. The first-order chi connectivity index (χ1) is 11.1. The maximum absolute atomic E-state index is 9.66. The molecule has 0 saturated heterocycles. The van der Waals surface area contributed by atoms with Gasteiger partial charge in [0.25, 0.3) is 0 Å². The molecule has 2 aromatic carbocycles. The van der Waals surface area contributed by atoms with Crippen molar-refractivity contribution in [1.29, 1.82) is 10.5 Å². The molecular weight excluding hydrogens is 288 g/mol. The number of azo groups is 1. The molecule has 0 aliphatic heterocycles. The highest BCUT2D eigenvalue weighted by molar-refractivity contribution is 5.42. The molecule has 5 nitrogen and oxygen atoms in total. The summed E-state index contributed by atoms with van der Waals surface area (Å²) in [5, 5.41) is 35.7. The highest BCUT2D eigenvalue weighted by Gasteiger charge is 2.23. The van der Waals surface area contributed by atoms with Gasteiger partial charge in [0.1, 0.15) is 5.54 Å². The van der Waals surface area contributed by atoms with E-state index in [0.29, 0.717) is 23.2 Å². The third-order valence-electron chi connectivity index (χ3n) is 3.41. The van der Waals surface area contributed by atoms with Gasteiger partial charge < -0.3 is 5.11 Å². The molecule has 5 heteroatoms. The third-order valence-corrected chi connectivity index (χ3v) is 3.41. The first-order valence-corrected chi connectivity index (χ1v) is 7.11. The van der Waals surface area contributed by atoms with Crippen LogP contribution in [0, 0.1) is 22.7 Å². The van der Waals surface area contributed by atoms with Gasteiger partial charge in [-0.05, 0) is 48.9 Å². The van der Waals surface area contributed by atoms with Gasteiger partial charge in [-0.15, -0.1) is 0 Å². The number of aliphatic hydroxyl groups is 1. The Balaban J connectivity index is 2.13. The standard InChI is InChI=1S/C18H16N4O/c1-18(13-23,10-14-2-4-15(11-19)5-3-14)22-21-17-8-6-16(12-20)7-9-17/h2-9,23H,10,13H2,1H3/t18-/m0/s1. The van der Waals surface area contributed by atoms with E-state index in [1.54, 1.807) is 36.4 Å². The SMILES string of the molecule is C[C@@](CO)(Cc1ccc(C#N)cc1)N=Nc1ccc(C#N)cc1. The number of nitrogens with zero attached hydrogens (tertiary/aromatic N) is 4. The fraction of sp³-hybridized carbons (Fsp3) is 0.222. The molecule has 0 bridgehead atoms. The van der Waals surface area contributed by atoms with Crippen LogP contribution >= 0.6 is 0 Å². The van der Waals surface area contributed by atoms with Crippen molar-refractivity contribution < 1.29 is 5.11 Å². The summed E-state index contributed by atoms with van der Waals surface area (Å²) in [6, 6.07) is 18.1. The van der Waals surface area contributed by atoms with Crippen LogP contribution in [0.1, 0.15) is 23.6 Å². The predicted octanol–water partition coefficient (Wildman–Crippen LogP) is 3.51. The lowest BCUT2D eigenvalue weighted by Gasteiger charge is -2.21. The molecule has 1 atom stereocenters. The van der Waals surface area contributed by atoms with E-state index < -0.39 is 5.54 Å². The van der Waals surface area contributed by atoms with Gasteiger partial charge in [0.05, 0.1) is 35.6 Å². The molecule has 0 aromatic heterocycles. The number of rotatable bonds is 5. The zero-order chi connectivity index (χ0) is 16.7. The van der Waals surface area contributed by atoms with Crippen molar-refractivity contribution in [3.63, 3.8) is 0 Å². The van der Waals surface area contributed by atoms with Crippen molar-refractivity contribution in [2.45, 2.75) is 18.9 Å². The molecule has 23 heavy (non-hydrogen) atoms. The second-order valence-electron chi connectivity index (χ2n) is 5.50. The molecule has 0 heterocycles. The van der Waals surface area contributed by atoms with Crippen LogP contribution in [0.25, 0.3) is 0 Å². The normalized spacial score (nSPS) is 13.2. The van der Waals surface area contributed by atoms with Gasteiger partial charge in [-0.2, -0.15) is 20.8 Å². The second-order valence-corrected chi connectivity index (χ2v) is 5.50. The maximum atomic E-state index is 9.66. The Hall–Kier alpha value is -3.02. The van der Waals surface area contributed by atoms with E-state index in [1.807, 2.05) is 25.1 Å². The van der Waals surface area contributed by atoms with Crippen LogP contribution in [0.3, 0.4) is 0 Å². The zero-order valence-corrected chi connectivity index (χ0v) is 12.8. The van der Waals surface area contributed by atoms with E-state index in [1.165, 1.54) is 0 Å². The van der Waals surface area contributed by atoms with Crippen molar-refractivity contribution in [3.05, 3.63) is 65.2 Å². The Morgan fingerprint density at radius 1 is 0.957 bits per heavy atom. The van der Waals surface area contributed by atoms with Crippen LogP contribution in [0.4, 0.5) is 5.69 Å². The van der Waals surface area contributed by atoms with Crippen molar-refractivity contribution in [3.8, 4) is 12.1 Å². The Bertz CT molecular complexity index is 767. The Morgan fingerprint density at radius 3 is 1.96 bits per heavy atom. The summed E-state index contributed by atoms with van der Waals surface area (Å²) in [5.74, 6) is 0. The van der Waals surface area contributed by atoms with Crippen molar-refractivity contribution >= 4 is 5.69 Å². The summed E-state index contributed by atoms with van der Waals surface area (Å²) in [6.45, 7) is 1.67. The molecule has 114 valence electrons. The number of aliphatic hydroxyl groups excluding tert-OH is 1. The van der Waals surface area contributed by atoms with Crippen molar-refractivity contribution in [2.75, 3.05) is 6.61 Å². The lowest BCUT2D eigenvalue weighted by molar-refractivity contribution is 0.204. The van der Waals surface area contributed by atoms with Gasteiger partial charge in [0, 0.05) is 6.42 Å². The van der Waals surface area contributed by atoms with Gasteiger partial charge in [0.15, 0.2) is 0 Å². The summed E-state index contributed by atoms with van der Waals surface area (Å²) in [5.41, 5.74) is 2.01. The summed E-state index contributed by atoms with van der Waals surface area (Å²) in [4.78, 5) is 0. The first-order valence-electron chi connectivity index (χ1n) is 7.11. The smallest absolute Gasteiger partial charge is 0.106 e. The minimum atomic E-state index is -0.748. The Morgan fingerprint density at radius 2 is 1.48 bits per heavy atom. The zero-order valence-electron chi connectivity index (χ0n) is 12.8. The highest BCUT2D eigenvalue weighted by Crippen LogP contribution is 2.21. The number of hydrogen-bond donors (Lipinski definition) is 1. The predicted molar refractivity (Wildman–Crippen MR) is 86.0 cm³/mol. The lowest BCUT2D eigenvalue weighted by Crippen LogP contribution is -2.29. The lowest BCUT2D eigenvalue weighted by atomic mass is 9.94. The van der Waals surface area contributed by atoms with Crippen LogP contribution in [-0.4, -0.2) is 17.3 Å². The number of benzene rings is 2. The maximum Gasteiger partial charge on any atom is 0.106 e. The van der Waals surface area contributed by atoms with Gasteiger partial charge in [0.2, 0.25) is 0 Å². The molecule has 2 aromatic rings. The molecule has 1 N–H and O–H groups in total. The van der Waals surface area contributed by atoms with E-state index in [2.05, 4.69) is 16.3 Å². The monoisotopic (exact) mass is 304 g/mol.